The summed E-state index contributed by atoms with van der Waals surface area (Å²) in [5.41, 5.74) is 1.19. The Morgan fingerprint density at radius 3 is 2.79 bits per heavy atom. The largest absolute Gasteiger partial charge is 0.355 e. The quantitative estimate of drug-likeness (QED) is 0.780. The van der Waals surface area contributed by atoms with E-state index in [4.69, 9.17) is 0 Å². The lowest BCUT2D eigenvalue weighted by Gasteiger charge is -2.31. The van der Waals surface area contributed by atoms with Gasteiger partial charge in [-0.15, -0.1) is 0 Å². The number of amides is 1. The van der Waals surface area contributed by atoms with Crippen LogP contribution in [-0.2, 0) is 21.2 Å². The molecule has 1 fully saturated rings. The standard InChI is InChI=1S/C18H28N2O3S.H2/c1-2-3-14-24(22,23)20-13-7-10-17(15-20)18(21)19-12-11-16-8-5-4-6-9-16;/h4-6,8-9,17H,2-3,7,10-15H2,1H3,(H,19,21);1H. The van der Waals surface area contributed by atoms with Gasteiger partial charge in [0.1, 0.15) is 0 Å². The number of benzene rings is 1. The molecule has 0 radical (unpaired) electrons. The van der Waals surface area contributed by atoms with Gasteiger partial charge in [0.25, 0.3) is 0 Å². The third kappa shape index (κ3) is 5.60. The third-order valence-corrected chi connectivity index (χ3v) is 6.38. The van der Waals surface area contributed by atoms with Gasteiger partial charge in [0.05, 0.1) is 11.7 Å². The topological polar surface area (TPSA) is 66.5 Å². The lowest BCUT2D eigenvalue weighted by molar-refractivity contribution is -0.126. The number of carbonyl (C=O) groups is 1. The Balaban J connectivity index is 0.00000312. The molecule has 1 aliphatic heterocycles. The van der Waals surface area contributed by atoms with Crippen LogP contribution in [0.25, 0.3) is 0 Å². The molecule has 0 aromatic heterocycles. The summed E-state index contributed by atoms with van der Waals surface area (Å²) < 4.78 is 26.1. The molecule has 1 aromatic carbocycles. The number of hydrogen-bond acceptors (Lipinski definition) is 3. The summed E-state index contributed by atoms with van der Waals surface area (Å²) in [7, 11) is -3.22. The number of nitrogens with zero attached hydrogens (tertiary/aromatic N) is 1. The maximum Gasteiger partial charge on any atom is 0.224 e. The number of unbranched alkanes of at least 4 members (excludes halogenated alkanes) is 1. The van der Waals surface area contributed by atoms with Gasteiger partial charge in [0.15, 0.2) is 0 Å². The Hall–Kier alpha value is -1.40. The molecular formula is C18H30N2O3S. The molecule has 1 N–H and O–H groups in total. The summed E-state index contributed by atoms with van der Waals surface area (Å²) >= 11 is 0. The molecule has 2 rings (SSSR count). The summed E-state index contributed by atoms with van der Waals surface area (Å²) in [6.45, 7) is 3.43. The predicted molar refractivity (Wildman–Crippen MR) is 98.3 cm³/mol. The van der Waals surface area contributed by atoms with Crippen molar-refractivity contribution in [2.24, 2.45) is 5.92 Å². The SMILES string of the molecule is CCCCS(=O)(=O)N1CCCC(C(=O)NCCc2ccccc2)C1.[HH]. The van der Waals surface area contributed by atoms with Crippen LogP contribution < -0.4 is 5.32 Å². The number of hydrogen-bond donors (Lipinski definition) is 1. The first kappa shape index (κ1) is 18.9. The summed E-state index contributed by atoms with van der Waals surface area (Å²) in [6.07, 6.45) is 3.83. The van der Waals surface area contributed by atoms with E-state index in [0.29, 0.717) is 26.1 Å². The van der Waals surface area contributed by atoms with E-state index in [2.05, 4.69) is 5.32 Å². The van der Waals surface area contributed by atoms with Gasteiger partial charge in [0.2, 0.25) is 15.9 Å². The number of rotatable bonds is 8. The molecule has 1 atom stereocenters. The fourth-order valence-electron chi connectivity index (χ4n) is 2.98. The van der Waals surface area contributed by atoms with Crippen molar-refractivity contribution >= 4 is 15.9 Å². The van der Waals surface area contributed by atoms with Crippen LogP contribution in [0.4, 0.5) is 0 Å². The first-order chi connectivity index (χ1) is 11.5. The van der Waals surface area contributed by atoms with E-state index in [1.54, 1.807) is 0 Å². The lowest BCUT2D eigenvalue weighted by Crippen LogP contribution is -2.46. The molecule has 1 unspecified atom stereocenters. The van der Waals surface area contributed by atoms with Gasteiger partial charge in [0, 0.05) is 21.1 Å². The second kappa shape index (κ2) is 9.18. The van der Waals surface area contributed by atoms with Crippen LogP contribution in [0.1, 0.15) is 39.6 Å². The van der Waals surface area contributed by atoms with Crippen LogP contribution in [0, 0.1) is 5.92 Å². The predicted octanol–water partition coefficient (Wildman–Crippen LogP) is 2.43. The molecule has 6 heteroatoms. The highest BCUT2D eigenvalue weighted by Crippen LogP contribution is 2.20. The smallest absolute Gasteiger partial charge is 0.224 e. The zero-order valence-electron chi connectivity index (χ0n) is 14.4. The van der Waals surface area contributed by atoms with Gasteiger partial charge in [-0.1, -0.05) is 43.7 Å². The summed E-state index contributed by atoms with van der Waals surface area (Å²) in [5.74, 6) is -0.0708. The van der Waals surface area contributed by atoms with Crippen LogP contribution in [-0.4, -0.2) is 44.0 Å². The normalized spacial score (nSPS) is 19.1. The van der Waals surface area contributed by atoms with Crippen molar-refractivity contribution in [3.63, 3.8) is 0 Å². The van der Waals surface area contributed by atoms with Crippen LogP contribution >= 0.6 is 0 Å². The van der Waals surface area contributed by atoms with E-state index in [9.17, 15) is 13.2 Å². The molecule has 0 spiro atoms. The second-order valence-electron chi connectivity index (χ2n) is 6.39. The maximum atomic E-state index is 12.3. The van der Waals surface area contributed by atoms with Crippen molar-refractivity contribution in [2.75, 3.05) is 25.4 Å². The highest BCUT2D eigenvalue weighted by molar-refractivity contribution is 7.89. The first-order valence-electron chi connectivity index (χ1n) is 8.82. The Kier molecular flexibility index (Phi) is 7.24. The summed E-state index contributed by atoms with van der Waals surface area (Å²) in [6, 6.07) is 10.0. The summed E-state index contributed by atoms with van der Waals surface area (Å²) in [4.78, 5) is 12.3. The molecule has 1 saturated heterocycles. The Morgan fingerprint density at radius 1 is 1.33 bits per heavy atom. The van der Waals surface area contributed by atoms with Crippen molar-refractivity contribution < 1.29 is 14.6 Å². The number of carbonyl (C=O) groups excluding carboxylic acids is 1. The van der Waals surface area contributed by atoms with Crippen molar-refractivity contribution in [3.8, 4) is 0 Å². The molecule has 5 nitrogen and oxygen atoms in total. The molecule has 0 bridgehead atoms. The molecule has 0 aliphatic carbocycles. The number of nitrogens with one attached hydrogen (secondary N) is 1. The lowest BCUT2D eigenvalue weighted by atomic mass is 9.99. The van der Waals surface area contributed by atoms with Crippen LogP contribution in [0.5, 0.6) is 0 Å². The monoisotopic (exact) mass is 354 g/mol. The van der Waals surface area contributed by atoms with Gasteiger partial charge in [-0.05, 0) is 31.2 Å². The molecule has 1 amide bonds. The van der Waals surface area contributed by atoms with E-state index in [0.717, 1.165) is 25.7 Å². The van der Waals surface area contributed by atoms with Gasteiger partial charge in [-0.2, -0.15) is 0 Å². The van der Waals surface area contributed by atoms with Gasteiger partial charge in [-0.25, -0.2) is 12.7 Å². The zero-order chi connectivity index (χ0) is 17.4. The molecule has 24 heavy (non-hydrogen) atoms. The molecule has 1 aliphatic rings. The molecule has 1 heterocycles. The minimum absolute atomic E-state index is 0. The van der Waals surface area contributed by atoms with Crippen molar-refractivity contribution in [3.05, 3.63) is 35.9 Å². The van der Waals surface area contributed by atoms with Crippen molar-refractivity contribution in [1.82, 2.24) is 9.62 Å². The molecule has 1 aromatic rings. The Labute approximate surface area is 147 Å². The minimum atomic E-state index is -3.22. The average molecular weight is 355 g/mol. The van der Waals surface area contributed by atoms with E-state index in [-0.39, 0.29) is 19.0 Å². The van der Waals surface area contributed by atoms with Crippen LogP contribution in [0.3, 0.4) is 0 Å². The van der Waals surface area contributed by atoms with Crippen molar-refractivity contribution in [1.29, 1.82) is 0 Å². The number of sulfonamides is 1. The van der Waals surface area contributed by atoms with E-state index in [1.807, 2.05) is 37.3 Å². The van der Waals surface area contributed by atoms with Gasteiger partial charge < -0.3 is 5.32 Å². The molecular weight excluding hydrogens is 324 g/mol. The van der Waals surface area contributed by atoms with E-state index < -0.39 is 10.0 Å². The fourth-order valence-corrected chi connectivity index (χ4v) is 4.71. The Morgan fingerprint density at radius 2 is 2.08 bits per heavy atom. The minimum Gasteiger partial charge on any atom is -0.355 e. The van der Waals surface area contributed by atoms with E-state index >= 15 is 0 Å². The molecule has 136 valence electrons. The van der Waals surface area contributed by atoms with Crippen molar-refractivity contribution in [2.45, 2.75) is 39.0 Å². The Bertz CT molecular complexity index is 622. The van der Waals surface area contributed by atoms with Crippen LogP contribution in [0.15, 0.2) is 30.3 Å². The average Bonchev–Trinajstić information content (AvgIpc) is 2.61. The van der Waals surface area contributed by atoms with Crippen LogP contribution in [0.2, 0.25) is 0 Å². The highest BCUT2D eigenvalue weighted by atomic mass is 32.2. The maximum absolute atomic E-state index is 12.3. The van der Waals surface area contributed by atoms with Gasteiger partial charge >= 0.3 is 0 Å². The highest BCUT2D eigenvalue weighted by Gasteiger charge is 2.31. The summed E-state index contributed by atoms with van der Waals surface area (Å²) in [5, 5.41) is 2.96. The number of piperidine rings is 1. The molecule has 0 saturated carbocycles. The zero-order valence-corrected chi connectivity index (χ0v) is 15.2. The third-order valence-electron chi connectivity index (χ3n) is 4.46. The fraction of sp³-hybridized carbons (Fsp3) is 0.611. The second-order valence-corrected chi connectivity index (χ2v) is 8.48. The van der Waals surface area contributed by atoms with E-state index in [1.165, 1.54) is 9.87 Å². The first-order valence-corrected chi connectivity index (χ1v) is 10.4. The van der Waals surface area contributed by atoms with Gasteiger partial charge in [-0.3, -0.25) is 4.79 Å².